The SMILES string of the molecule is CC(=O)OCC1CC=CC(O)O1. The van der Waals surface area contributed by atoms with Crippen LogP contribution in [0.4, 0.5) is 0 Å². The molecular formula is C8H12O4. The van der Waals surface area contributed by atoms with Gasteiger partial charge in [0, 0.05) is 6.92 Å². The zero-order chi connectivity index (χ0) is 8.97. The van der Waals surface area contributed by atoms with Gasteiger partial charge in [0.1, 0.15) is 6.61 Å². The van der Waals surface area contributed by atoms with Crippen LogP contribution in [0.25, 0.3) is 0 Å². The maximum Gasteiger partial charge on any atom is 0.302 e. The number of carbonyl (C=O) groups is 1. The molecule has 0 fully saturated rings. The molecule has 1 aliphatic heterocycles. The largest absolute Gasteiger partial charge is 0.463 e. The average Bonchev–Trinajstić information content (AvgIpc) is 2.01. The molecule has 0 aromatic carbocycles. The summed E-state index contributed by atoms with van der Waals surface area (Å²) in [4.78, 5) is 10.4. The molecule has 1 heterocycles. The lowest BCUT2D eigenvalue weighted by Gasteiger charge is -2.21. The van der Waals surface area contributed by atoms with Crippen LogP contribution in [0.5, 0.6) is 0 Å². The number of ether oxygens (including phenoxy) is 2. The first-order chi connectivity index (χ1) is 5.68. The van der Waals surface area contributed by atoms with E-state index in [1.807, 2.05) is 6.08 Å². The Balaban J connectivity index is 2.25. The first-order valence-corrected chi connectivity index (χ1v) is 3.82. The fourth-order valence-electron chi connectivity index (χ4n) is 0.962. The molecule has 1 aliphatic rings. The highest BCUT2D eigenvalue weighted by atomic mass is 16.6. The van der Waals surface area contributed by atoms with E-state index in [1.54, 1.807) is 6.08 Å². The van der Waals surface area contributed by atoms with Crippen LogP contribution in [0, 0.1) is 0 Å². The van der Waals surface area contributed by atoms with E-state index in [9.17, 15) is 4.79 Å². The van der Waals surface area contributed by atoms with E-state index in [-0.39, 0.29) is 18.7 Å². The van der Waals surface area contributed by atoms with Crippen LogP contribution < -0.4 is 0 Å². The molecule has 12 heavy (non-hydrogen) atoms. The second kappa shape index (κ2) is 4.23. The summed E-state index contributed by atoms with van der Waals surface area (Å²) in [5.41, 5.74) is 0. The van der Waals surface area contributed by atoms with Crippen molar-refractivity contribution in [2.75, 3.05) is 6.61 Å². The van der Waals surface area contributed by atoms with E-state index in [0.29, 0.717) is 6.42 Å². The Hall–Kier alpha value is -0.870. The molecule has 0 aromatic rings. The minimum Gasteiger partial charge on any atom is -0.463 e. The molecule has 4 heteroatoms. The van der Waals surface area contributed by atoms with Crippen molar-refractivity contribution >= 4 is 5.97 Å². The van der Waals surface area contributed by atoms with Gasteiger partial charge in [-0.1, -0.05) is 6.08 Å². The van der Waals surface area contributed by atoms with Crippen molar-refractivity contribution < 1.29 is 19.4 Å². The predicted octanol–water partition coefficient (Wildman–Crippen LogP) is 0.213. The minimum absolute atomic E-state index is 0.205. The number of hydrogen-bond acceptors (Lipinski definition) is 4. The maximum atomic E-state index is 10.4. The molecule has 0 radical (unpaired) electrons. The van der Waals surface area contributed by atoms with Crippen LogP contribution in [0.1, 0.15) is 13.3 Å². The first kappa shape index (κ1) is 9.22. The van der Waals surface area contributed by atoms with Crippen molar-refractivity contribution in [1.82, 2.24) is 0 Å². The number of rotatable bonds is 2. The molecule has 0 saturated heterocycles. The number of esters is 1. The standard InChI is InChI=1S/C8H12O4/c1-6(9)11-5-7-3-2-4-8(10)12-7/h2,4,7-8,10H,3,5H2,1H3. The molecular weight excluding hydrogens is 160 g/mol. The number of carbonyl (C=O) groups excluding carboxylic acids is 1. The van der Waals surface area contributed by atoms with E-state index in [1.165, 1.54) is 6.92 Å². The van der Waals surface area contributed by atoms with Gasteiger partial charge in [-0.25, -0.2) is 0 Å². The highest BCUT2D eigenvalue weighted by Crippen LogP contribution is 2.10. The van der Waals surface area contributed by atoms with Crippen LogP contribution in [-0.4, -0.2) is 30.1 Å². The molecule has 4 nitrogen and oxygen atoms in total. The summed E-state index contributed by atoms with van der Waals surface area (Å²) in [5, 5.41) is 9.00. The Morgan fingerprint density at radius 1 is 1.83 bits per heavy atom. The number of aliphatic hydroxyl groups is 1. The van der Waals surface area contributed by atoms with Gasteiger partial charge >= 0.3 is 5.97 Å². The van der Waals surface area contributed by atoms with E-state index in [0.717, 1.165) is 0 Å². The number of aliphatic hydroxyl groups excluding tert-OH is 1. The van der Waals surface area contributed by atoms with Gasteiger partial charge in [-0.15, -0.1) is 0 Å². The van der Waals surface area contributed by atoms with Crippen molar-refractivity contribution in [1.29, 1.82) is 0 Å². The van der Waals surface area contributed by atoms with Gasteiger partial charge < -0.3 is 14.6 Å². The second-order valence-corrected chi connectivity index (χ2v) is 2.62. The lowest BCUT2D eigenvalue weighted by molar-refractivity contribution is -0.156. The summed E-state index contributed by atoms with van der Waals surface area (Å²) in [6.07, 6.45) is 2.96. The van der Waals surface area contributed by atoms with Crippen LogP contribution in [0.2, 0.25) is 0 Å². The van der Waals surface area contributed by atoms with Crippen LogP contribution in [0.15, 0.2) is 12.2 Å². The molecule has 68 valence electrons. The van der Waals surface area contributed by atoms with Gasteiger partial charge in [-0.2, -0.15) is 0 Å². The van der Waals surface area contributed by atoms with Crippen molar-refractivity contribution in [3.8, 4) is 0 Å². The molecule has 2 unspecified atom stereocenters. The predicted molar refractivity (Wildman–Crippen MR) is 41.3 cm³/mol. The summed E-state index contributed by atoms with van der Waals surface area (Å²) in [5.74, 6) is -0.331. The van der Waals surface area contributed by atoms with Gasteiger partial charge in [0.15, 0.2) is 6.29 Å². The van der Waals surface area contributed by atoms with Gasteiger partial charge in [0.25, 0.3) is 0 Å². The summed E-state index contributed by atoms with van der Waals surface area (Å²) in [7, 11) is 0. The zero-order valence-electron chi connectivity index (χ0n) is 6.90. The quantitative estimate of drug-likeness (QED) is 0.478. The van der Waals surface area contributed by atoms with Crippen molar-refractivity contribution in [3.05, 3.63) is 12.2 Å². The normalized spacial score (nSPS) is 28.5. The van der Waals surface area contributed by atoms with Crippen LogP contribution in [-0.2, 0) is 14.3 Å². The molecule has 0 saturated carbocycles. The average molecular weight is 172 g/mol. The van der Waals surface area contributed by atoms with Crippen LogP contribution >= 0.6 is 0 Å². The third-order valence-corrected chi connectivity index (χ3v) is 1.50. The Morgan fingerprint density at radius 2 is 2.58 bits per heavy atom. The van der Waals surface area contributed by atoms with Gasteiger partial charge in [-0.3, -0.25) is 4.79 Å². The number of hydrogen-bond donors (Lipinski definition) is 1. The topological polar surface area (TPSA) is 55.8 Å². The van der Waals surface area contributed by atoms with Gasteiger partial charge in [-0.05, 0) is 12.5 Å². The molecule has 1 N–H and O–H groups in total. The lowest BCUT2D eigenvalue weighted by atomic mass is 10.2. The van der Waals surface area contributed by atoms with E-state index < -0.39 is 6.29 Å². The highest BCUT2D eigenvalue weighted by Gasteiger charge is 2.16. The summed E-state index contributed by atoms with van der Waals surface area (Å²) in [6, 6.07) is 0. The summed E-state index contributed by atoms with van der Waals surface area (Å²) < 4.78 is 9.75. The monoisotopic (exact) mass is 172 g/mol. The van der Waals surface area contributed by atoms with Crippen molar-refractivity contribution in [2.24, 2.45) is 0 Å². The van der Waals surface area contributed by atoms with E-state index >= 15 is 0 Å². The lowest BCUT2D eigenvalue weighted by Crippen LogP contribution is -2.28. The van der Waals surface area contributed by atoms with Crippen molar-refractivity contribution in [2.45, 2.75) is 25.7 Å². The fraction of sp³-hybridized carbons (Fsp3) is 0.625. The smallest absolute Gasteiger partial charge is 0.302 e. The molecule has 0 amide bonds. The van der Waals surface area contributed by atoms with Crippen molar-refractivity contribution in [3.63, 3.8) is 0 Å². The fourth-order valence-corrected chi connectivity index (χ4v) is 0.962. The second-order valence-electron chi connectivity index (χ2n) is 2.62. The van der Waals surface area contributed by atoms with E-state index in [2.05, 4.69) is 0 Å². The Kier molecular flexibility index (Phi) is 3.25. The van der Waals surface area contributed by atoms with E-state index in [4.69, 9.17) is 14.6 Å². The summed E-state index contributed by atoms with van der Waals surface area (Å²) >= 11 is 0. The Bertz CT molecular complexity index is 187. The molecule has 2 atom stereocenters. The Labute approximate surface area is 70.8 Å². The minimum atomic E-state index is -0.862. The molecule has 0 spiro atoms. The third-order valence-electron chi connectivity index (χ3n) is 1.50. The highest BCUT2D eigenvalue weighted by molar-refractivity contribution is 5.65. The molecule has 0 bridgehead atoms. The zero-order valence-corrected chi connectivity index (χ0v) is 6.90. The van der Waals surface area contributed by atoms with Gasteiger partial charge in [0.05, 0.1) is 6.10 Å². The Morgan fingerprint density at radius 3 is 3.17 bits per heavy atom. The maximum absolute atomic E-state index is 10.4. The third kappa shape index (κ3) is 3.02. The van der Waals surface area contributed by atoms with Crippen LogP contribution in [0.3, 0.4) is 0 Å². The van der Waals surface area contributed by atoms with Gasteiger partial charge in [0.2, 0.25) is 0 Å². The first-order valence-electron chi connectivity index (χ1n) is 3.82. The summed E-state index contributed by atoms with van der Waals surface area (Å²) in [6.45, 7) is 1.55. The molecule has 1 rings (SSSR count). The molecule has 0 aliphatic carbocycles. The molecule has 0 aromatic heterocycles.